The summed E-state index contributed by atoms with van der Waals surface area (Å²) in [7, 11) is 0. The second-order valence-corrected chi connectivity index (χ2v) is 6.38. The number of hydrogen-bond acceptors (Lipinski definition) is 2. The highest BCUT2D eigenvalue weighted by atomic mass is 127. The molecule has 1 rings (SSSR count). The van der Waals surface area contributed by atoms with Gasteiger partial charge in [-0.05, 0) is 58.7 Å². The fraction of sp³-hybridized carbons (Fsp3) is 0.538. The van der Waals surface area contributed by atoms with Crippen molar-refractivity contribution in [3.63, 3.8) is 0 Å². The molecule has 0 heterocycles. The van der Waals surface area contributed by atoms with Gasteiger partial charge >= 0.3 is 0 Å². The summed E-state index contributed by atoms with van der Waals surface area (Å²) in [4.78, 5) is 0. The second-order valence-electron chi connectivity index (χ2n) is 4.30. The van der Waals surface area contributed by atoms with Crippen molar-refractivity contribution in [3.8, 4) is 0 Å². The molecule has 1 atom stereocenters. The van der Waals surface area contributed by atoms with Crippen LogP contribution in [0.15, 0.2) is 22.7 Å². The van der Waals surface area contributed by atoms with Crippen molar-refractivity contribution in [2.24, 2.45) is 11.8 Å². The summed E-state index contributed by atoms with van der Waals surface area (Å²) in [6.45, 7) is 4.49. The molecule has 0 amide bonds. The van der Waals surface area contributed by atoms with Crippen molar-refractivity contribution >= 4 is 38.5 Å². The number of nitrogens with one attached hydrogen (secondary N) is 1. The Bertz CT molecular complexity index is 353. The van der Waals surface area contributed by atoms with Gasteiger partial charge in [0.1, 0.15) is 0 Å². The molecule has 0 spiro atoms. The molecule has 1 aromatic rings. The van der Waals surface area contributed by atoms with E-state index in [-0.39, 0.29) is 6.04 Å². The van der Waals surface area contributed by atoms with Gasteiger partial charge in [-0.3, -0.25) is 11.3 Å². The average Bonchev–Trinajstić information content (AvgIpc) is 2.34. The molecule has 0 aliphatic heterocycles. The Morgan fingerprint density at radius 3 is 2.53 bits per heavy atom. The molecular weight excluding hydrogens is 391 g/mol. The van der Waals surface area contributed by atoms with Crippen LogP contribution in [0.4, 0.5) is 0 Å². The molecule has 0 aliphatic carbocycles. The van der Waals surface area contributed by atoms with Crippen molar-refractivity contribution in [1.82, 2.24) is 5.43 Å². The Morgan fingerprint density at radius 1 is 1.35 bits per heavy atom. The zero-order valence-corrected chi connectivity index (χ0v) is 14.1. The molecule has 0 bridgehead atoms. The molecule has 0 aromatic heterocycles. The topological polar surface area (TPSA) is 38.0 Å². The maximum atomic E-state index is 5.71. The Labute approximate surface area is 126 Å². The molecule has 17 heavy (non-hydrogen) atoms. The van der Waals surface area contributed by atoms with E-state index >= 15 is 0 Å². The lowest BCUT2D eigenvalue weighted by Gasteiger charge is -2.22. The maximum Gasteiger partial charge on any atom is 0.0473 e. The van der Waals surface area contributed by atoms with Crippen LogP contribution in [0.1, 0.15) is 44.7 Å². The number of rotatable bonds is 6. The molecule has 0 fully saturated rings. The van der Waals surface area contributed by atoms with Crippen LogP contribution in [-0.4, -0.2) is 0 Å². The third-order valence-electron chi connectivity index (χ3n) is 3.26. The van der Waals surface area contributed by atoms with Crippen molar-refractivity contribution < 1.29 is 0 Å². The van der Waals surface area contributed by atoms with E-state index in [9.17, 15) is 0 Å². The Morgan fingerprint density at radius 2 is 2.00 bits per heavy atom. The lowest BCUT2D eigenvalue weighted by molar-refractivity contribution is 0.374. The number of benzene rings is 1. The molecule has 4 heteroatoms. The Kier molecular flexibility index (Phi) is 6.99. The van der Waals surface area contributed by atoms with Crippen LogP contribution in [0.2, 0.25) is 0 Å². The first kappa shape index (κ1) is 15.4. The molecule has 1 unspecified atom stereocenters. The lowest BCUT2D eigenvalue weighted by atomic mass is 9.91. The van der Waals surface area contributed by atoms with E-state index in [0.717, 1.165) is 16.8 Å². The summed E-state index contributed by atoms with van der Waals surface area (Å²) in [6.07, 6.45) is 3.51. The summed E-state index contributed by atoms with van der Waals surface area (Å²) in [5, 5.41) is 0. The number of halogens is 2. The standard InChI is InChI=1S/C13H20BrIN2/c1-3-9(4-2)7-13(17-16)11-8-10(14)5-6-12(11)15/h5-6,8-9,13,17H,3-4,7,16H2,1-2H3. The van der Waals surface area contributed by atoms with Crippen LogP contribution in [0, 0.1) is 9.49 Å². The van der Waals surface area contributed by atoms with E-state index in [4.69, 9.17) is 5.84 Å². The fourth-order valence-corrected chi connectivity index (χ4v) is 3.11. The maximum absolute atomic E-state index is 5.71. The lowest BCUT2D eigenvalue weighted by Crippen LogP contribution is -2.30. The van der Waals surface area contributed by atoms with Crippen LogP contribution >= 0.6 is 38.5 Å². The Hall–Kier alpha value is 0.350. The van der Waals surface area contributed by atoms with Crippen LogP contribution in [-0.2, 0) is 0 Å². The zero-order chi connectivity index (χ0) is 12.8. The van der Waals surface area contributed by atoms with Crippen molar-refractivity contribution in [2.45, 2.75) is 39.2 Å². The van der Waals surface area contributed by atoms with Gasteiger partial charge in [0, 0.05) is 14.1 Å². The van der Waals surface area contributed by atoms with Gasteiger partial charge in [-0.1, -0.05) is 42.6 Å². The van der Waals surface area contributed by atoms with Gasteiger partial charge in [-0.2, -0.15) is 0 Å². The minimum absolute atomic E-state index is 0.240. The molecule has 1 aromatic carbocycles. The normalized spacial score (nSPS) is 13.1. The molecule has 0 radical (unpaired) electrons. The first-order valence-corrected chi connectivity index (χ1v) is 7.90. The predicted octanol–water partition coefficient (Wildman–Crippen LogP) is 4.38. The quantitative estimate of drug-likeness (QED) is 0.414. The first-order valence-electron chi connectivity index (χ1n) is 6.03. The molecule has 2 nitrogen and oxygen atoms in total. The Balaban J connectivity index is 2.89. The zero-order valence-electron chi connectivity index (χ0n) is 10.3. The summed E-state index contributed by atoms with van der Waals surface area (Å²) >= 11 is 5.89. The van der Waals surface area contributed by atoms with E-state index in [0.29, 0.717) is 0 Å². The average molecular weight is 411 g/mol. The van der Waals surface area contributed by atoms with Gasteiger partial charge in [-0.25, -0.2) is 0 Å². The second kappa shape index (κ2) is 7.71. The van der Waals surface area contributed by atoms with E-state index in [1.807, 2.05) is 0 Å². The van der Waals surface area contributed by atoms with Crippen LogP contribution in [0.5, 0.6) is 0 Å². The van der Waals surface area contributed by atoms with Gasteiger partial charge in [0.15, 0.2) is 0 Å². The highest BCUT2D eigenvalue weighted by Gasteiger charge is 2.17. The molecule has 0 saturated heterocycles. The highest BCUT2D eigenvalue weighted by molar-refractivity contribution is 14.1. The van der Waals surface area contributed by atoms with E-state index in [1.165, 1.54) is 22.0 Å². The largest absolute Gasteiger partial charge is 0.271 e. The molecule has 96 valence electrons. The number of hydrazine groups is 1. The van der Waals surface area contributed by atoms with Gasteiger partial charge in [-0.15, -0.1) is 0 Å². The smallest absolute Gasteiger partial charge is 0.0473 e. The van der Waals surface area contributed by atoms with Gasteiger partial charge in [0.2, 0.25) is 0 Å². The molecular formula is C13H20BrIN2. The highest BCUT2D eigenvalue weighted by Crippen LogP contribution is 2.29. The monoisotopic (exact) mass is 410 g/mol. The third-order valence-corrected chi connectivity index (χ3v) is 4.73. The molecule has 0 aliphatic rings. The van der Waals surface area contributed by atoms with Crippen LogP contribution in [0.3, 0.4) is 0 Å². The van der Waals surface area contributed by atoms with Gasteiger partial charge in [0.05, 0.1) is 0 Å². The minimum atomic E-state index is 0.240. The van der Waals surface area contributed by atoms with E-state index in [2.05, 4.69) is 76.0 Å². The van der Waals surface area contributed by atoms with Gasteiger partial charge < -0.3 is 0 Å². The van der Waals surface area contributed by atoms with Crippen molar-refractivity contribution in [3.05, 3.63) is 31.8 Å². The molecule has 0 saturated carbocycles. The predicted molar refractivity (Wildman–Crippen MR) is 85.6 cm³/mol. The first-order chi connectivity index (χ1) is 8.12. The van der Waals surface area contributed by atoms with E-state index < -0.39 is 0 Å². The summed E-state index contributed by atoms with van der Waals surface area (Å²) in [5.41, 5.74) is 4.25. The van der Waals surface area contributed by atoms with Crippen molar-refractivity contribution in [2.75, 3.05) is 0 Å². The number of nitrogens with two attached hydrogens (primary N) is 1. The summed E-state index contributed by atoms with van der Waals surface area (Å²) in [5.74, 6) is 6.44. The fourth-order valence-electron chi connectivity index (χ4n) is 2.02. The van der Waals surface area contributed by atoms with Crippen LogP contribution in [0.25, 0.3) is 0 Å². The summed E-state index contributed by atoms with van der Waals surface area (Å²) in [6, 6.07) is 6.59. The minimum Gasteiger partial charge on any atom is -0.271 e. The van der Waals surface area contributed by atoms with Gasteiger partial charge in [0.25, 0.3) is 0 Å². The van der Waals surface area contributed by atoms with Crippen molar-refractivity contribution in [1.29, 1.82) is 0 Å². The van der Waals surface area contributed by atoms with E-state index in [1.54, 1.807) is 0 Å². The summed E-state index contributed by atoms with van der Waals surface area (Å²) < 4.78 is 2.37. The molecule has 3 N–H and O–H groups in total. The SMILES string of the molecule is CCC(CC)CC(NN)c1cc(Br)ccc1I. The van der Waals surface area contributed by atoms with Crippen LogP contribution < -0.4 is 11.3 Å². The third kappa shape index (κ3) is 4.50. The number of hydrogen-bond donors (Lipinski definition) is 2.